The normalized spacial score (nSPS) is 11.7. The van der Waals surface area contributed by atoms with E-state index in [-0.39, 0.29) is 16.9 Å². The number of aromatic nitrogens is 2. The Morgan fingerprint density at radius 2 is 1.72 bits per heavy atom. The lowest BCUT2D eigenvalue weighted by molar-refractivity contribution is -0.615. The van der Waals surface area contributed by atoms with Crippen molar-refractivity contribution in [3.8, 4) is 11.3 Å². The number of nitrogens with one attached hydrogen (secondary N) is 1. The monoisotopic (exact) mass is 428 g/mol. The summed E-state index contributed by atoms with van der Waals surface area (Å²) in [6.45, 7) is 0. The maximum atomic E-state index is 13.4. The van der Waals surface area contributed by atoms with Gasteiger partial charge in [0.2, 0.25) is 11.7 Å². The van der Waals surface area contributed by atoms with Gasteiger partial charge in [0.25, 0.3) is 5.91 Å². The highest BCUT2D eigenvalue weighted by Crippen LogP contribution is 2.32. The zero-order chi connectivity index (χ0) is 22.7. The number of hydrogen-bond donors (Lipinski definition) is 2. The van der Waals surface area contributed by atoms with Crippen LogP contribution in [0.25, 0.3) is 22.2 Å². The minimum absolute atomic E-state index is 0.0212. The highest BCUT2D eigenvalue weighted by atomic mass is 16.5. The van der Waals surface area contributed by atoms with E-state index < -0.39 is 17.9 Å². The van der Waals surface area contributed by atoms with Crippen molar-refractivity contribution < 1.29 is 19.1 Å². The SMILES string of the molecule is COC(=O)C(NC(=O)c1c(N)c(-c2ccccc2)nc2ccccc12)c1cccc[n+]1[O-]. The Morgan fingerprint density at radius 3 is 2.44 bits per heavy atom. The number of para-hydroxylation sites is 1. The van der Waals surface area contributed by atoms with Crippen LogP contribution in [-0.2, 0) is 9.53 Å². The molecule has 1 unspecified atom stereocenters. The Labute approximate surface area is 183 Å². The number of fused-ring (bicyclic) bond motifs is 1. The molecule has 0 aliphatic rings. The zero-order valence-corrected chi connectivity index (χ0v) is 17.2. The number of esters is 1. The molecule has 0 saturated carbocycles. The average molecular weight is 428 g/mol. The first-order valence-electron chi connectivity index (χ1n) is 9.81. The third-order valence-corrected chi connectivity index (χ3v) is 5.07. The van der Waals surface area contributed by atoms with Crippen LogP contribution in [0.5, 0.6) is 0 Å². The van der Waals surface area contributed by atoms with Crippen molar-refractivity contribution in [3.05, 3.63) is 95.5 Å². The fourth-order valence-electron chi connectivity index (χ4n) is 3.53. The summed E-state index contributed by atoms with van der Waals surface area (Å²) in [4.78, 5) is 30.5. The van der Waals surface area contributed by atoms with Gasteiger partial charge >= 0.3 is 5.97 Å². The van der Waals surface area contributed by atoms with Crippen LogP contribution < -0.4 is 15.8 Å². The topological polar surface area (TPSA) is 121 Å². The third-order valence-electron chi connectivity index (χ3n) is 5.07. The Hall–Kier alpha value is -4.46. The second-order valence-electron chi connectivity index (χ2n) is 7.01. The fourth-order valence-corrected chi connectivity index (χ4v) is 3.53. The van der Waals surface area contributed by atoms with Crippen molar-refractivity contribution in [2.45, 2.75) is 6.04 Å². The predicted octanol–water partition coefficient (Wildman–Crippen LogP) is 2.76. The summed E-state index contributed by atoms with van der Waals surface area (Å²) in [5.41, 5.74) is 8.54. The number of rotatable bonds is 5. The second kappa shape index (κ2) is 8.73. The van der Waals surface area contributed by atoms with Crippen molar-refractivity contribution in [2.24, 2.45) is 0 Å². The number of amides is 1. The Kier molecular flexibility index (Phi) is 5.67. The lowest BCUT2D eigenvalue weighted by atomic mass is 10.0. The van der Waals surface area contributed by atoms with Gasteiger partial charge in [0.1, 0.15) is 0 Å². The molecule has 0 radical (unpaired) electrons. The van der Waals surface area contributed by atoms with E-state index in [1.54, 1.807) is 24.3 Å². The van der Waals surface area contributed by atoms with Crippen molar-refractivity contribution in [1.29, 1.82) is 0 Å². The van der Waals surface area contributed by atoms with Gasteiger partial charge in [0.15, 0.2) is 6.20 Å². The van der Waals surface area contributed by atoms with Crippen LogP contribution in [0.2, 0.25) is 0 Å². The van der Waals surface area contributed by atoms with Crippen LogP contribution in [0.15, 0.2) is 79.0 Å². The van der Waals surface area contributed by atoms with Gasteiger partial charge in [-0.25, -0.2) is 9.78 Å². The molecule has 0 spiro atoms. The van der Waals surface area contributed by atoms with Gasteiger partial charge in [-0.15, -0.1) is 0 Å². The summed E-state index contributed by atoms with van der Waals surface area (Å²) in [6.07, 6.45) is 1.24. The number of nitrogen functional groups attached to an aromatic ring is 1. The molecule has 0 fully saturated rings. The lowest BCUT2D eigenvalue weighted by Gasteiger charge is -2.18. The molecule has 2 heterocycles. The Balaban J connectivity index is 1.85. The highest BCUT2D eigenvalue weighted by Gasteiger charge is 2.32. The van der Waals surface area contributed by atoms with Crippen molar-refractivity contribution in [1.82, 2.24) is 10.3 Å². The number of carbonyl (C=O) groups is 2. The van der Waals surface area contributed by atoms with Gasteiger partial charge in [-0.05, 0) is 12.1 Å². The first kappa shape index (κ1) is 20.8. The van der Waals surface area contributed by atoms with E-state index in [2.05, 4.69) is 10.3 Å². The molecule has 1 atom stereocenters. The summed E-state index contributed by atoms with van der Waals surface area (Å²) in [7, 11) is 1.18. The van der Waals surface area contributed by atoms with E-state index in [1.165, 1.54) is 25.4 Å². The number of hydrogen-bond acceptors (Lipinski definition) is 6. The predicted molar refractivity (Wildman–Crippen MR) is 119 cm³/mol. The smallest absolute Gasteiger partial charge is 0.339 e. The lowest BCUT2D eigenvalue weighted by Crippen LogP contribution is -2.43. The van der Waals surface area contributed by atoms with Gasteiger partial charge in [0, 0.05) is 23.1 Å². The molecule has 0 bridgehead atoms. The second-order valence-corrected chi connectivity index (χ2v) is 7.01. The molecule has 0 aliphatic heterocycles. The molecule has 1 amide bonds. The Bertz CT molecular complexity index is 1310. The van der Waals surface area contributed by atoms with E-state index in [9.17, 15) is 14.8 Å². The molecule has 160 valence electrons. The largest absolute Gasteiger partial charge is 0.618 e. The first-order chi connectivity index (χ1) is 15.5. The quantitative estimate of drug-likeness (QED) is 0.286. The summed E-state index contributed by atoms with van der Waals surface area (Å²) >= 11 is 0. The average Bonchev–Trinajstić information content (AvgIpc) is 2.82. The number of carbonyl (C=O) groups excluding carboxylic acids is 2. The van der Waals surface area contributed by atoms with Gasteiger partial charge in [-0.1, -0.05) is 48.5 Å². The Morgan fingerprint density at radius 1 is 1.03 bits per heavy atom. The van der Waals surface area contributed by atoms with Crippen LogP contribution in [0.3, 0.4) is 0 Å². The molecule has 4 aromatic rings. The van der Waals surface area contributed by atoms with Gasteiger partial charge in [0.05, 0.1) is 29.6 Å². The highest BCUT2D eigenvalue weighted by molar-refractivity contribution is 6.13. The molecular formula is C24H20N4O4. The number of nitrogens with zero attached hydrogens (tertiary/aromatic N) is 2. The minimum Gasteiger partial charge on any atom is -0.618 e. The van der Waals surface area contributed by atoms with Crippen molar-refractivity contribution in [2.75, 3.05) is 12.8 Å². The maximum Gasteiger partial charge on any atom is 0.339 e. The number of pyridine rings is 2. The standard InChI is InChI=1S/C24H20N4O4/c1-32-24(30)22(18-13-7-8-14-28(18)31)27-23(29)19-16-11-5-6-12-17(16)26-21(20(19)25)15-9-3-2-4-10-15/h2-14,22H,25H2,1H3,(H,27,29). The molecule has 2 aromatic carbocycles. The molecule has 0 saturated heterocycles. The van der Waals surface area contributed by atoms with Gasteiger partial charge in [-0.3, -0.25) is 4.79 Å². The summed E-state index contributed by atoms with van der Waals surface area (Å²) in [6, 6.07) is 19.6. The molecule has 0 aliphatic carbocycles. The number of anilines is 1. The van der Waals surface area contributed by atoms with Gasteiger partial charge in [-0.2, -0.15) is 4.73 Å². The third kappa shape index (κ3) is 3.81. The summed E-state index contributed by atoms with van der Waals surface area (Å²) < 4.78 is 5.33. The van der Waals surface area contributed by atoms with Crippen LogP contribution in [0.1, 0.15) is 22.1 Å². The van der Waals surface area contributed by atoms with Gasteiger partial charge < -0.3 is 21.0 Å². The zero-order valence-electron chi connectivity index (χ0n) is 17.2. The fraction of sp³-hybridized carbons (Fsp3) is 0.0833. The van der Waals surface area contributed by atoms with E-state index in [4.69, 9.17) is 10.5 Å². The molecule has 2 aromatic heterocycles. The molecule has 8 heteroatoms. The minimum atomic E-state index is -1.32. The first-order valence-corrected chi connectivity index (χ1v) is 9.81. The molecule has 3 N–H and O–H groups in total. The van der Waals surface area contributed by atoms with Crippen LogP contribution >= 0.6 is 0 Å². The van der Waals surface area contributed by atoms with Crippen LogP contribution in [0, 0.1) is 5.21 Å². The number of ether oxygens (including phenoxy) is 1. The van der Waals surface area contributed by atoms with Crippen LogP contribution in [0.4, 0.5) is 5.69 Å². The summed E-state index contributed by atoms with van der Waals surface area (Å²) in [5, 5.41) is 15.4. The van der Waals surface area contributed by atoms with E-state index in [0.717, 1.165) is 5.56 Å². The number of methoxy groups -OCH3 is 1. The molecule has 4 rings (SSSR count). The molecule has 8 nitrogen and oxygen atoms in total. The number of nitrogens with two attached hydrogens (primary N) is 1. The number of benzene rings is 2. The summed E-state index contributed by atoms with van der Waals surface area (Å²) in [5.74, 6) is -1.41. The maximum absolute atomic E-state index is 13.4. The van der Waals surface area contributed by atoms with E-state index in [0.29, 0.717) is 21.3 Å². The van der Waals surface area contributed by atoms with E-state index in [1.807, 2.05) is 36.4 Å². The molecule has 32 heavy (non-hydrogen) atoms. The van der Waals surface area contributed by atoms with Crippen molar-refractivity contribution >= 4 is 28.5 Å². The van der Waals surface area contributed by atoms with Crippen molar-refractivity contribution in [3.63, 3.8) is 0 Å². The van der Waals surface area contributed by atoms with E-state index >= 15 is 0 Å². The van der Waals surface area contributed by atoms with Crippen LogP contribution in [-0.4, -0.2) is 24.0 Å². The molecular weight excluding hydrogens is 408 g/mol.